The molecular weight excluding hydrogens is 332 g/mol. The molecule has 0 N–H and O–H groups in total. The number of hydrogen-bond donors (Lipinski definition) is 0. The van der Waals surface area contributed by atoms with Crippen LogP contribution < -0.4 is 4.74 Å². The Morgan fingerprint density at radius 2 is 1.22 bits per heavy atom. The van der Waals surface area contributed by atoms with Gasteiger partial charge in [0.15, 0.2) is 5.78 Å². The summed E-state index contributed by atoms with van der Waals surface area (Å²) >= 11 is 0. The molecule has 27 heavy (non-hydrogen) atoms. The second-order valence-corrected chi connectivity index (χ2v) is 9.51. The zero-order chi connectivity index (χ0) is 20.5. The van der Waals surface area contributed by atoms with E-state index in [1.165, 1.54) is 11.1 Å². The number of ether oxygens (including phenoxy) is 1. The van der Waals surface area contributed by atoms with Crippen molar-refractivity contribution in [1.82, 2.24) is 0 Å². The van der Waals surface area contributed by atoms with Crippen molar-refractivity contribution in [3.05, 3.63) is 65.2 Å². The maximum atomic E-state index is 12.7. The first kappa shape index (κ1) is 21.2. The molecule has 2 rings (SSSR count). The zero-order valence-electron chi connectivity index (χ0n) is 18.1. The minimum atomic E-state index is -0.320. The van der Waals surface area contributed by atoms with E-state index in [2.05, 4.69) is 45.0 Å². The van der Waals surface area contributed by atoms with Gasteiger partial charge in [-0.2, -0.15) is 0 Å². The molecule has 0 fully saturated rings. The summed E-state index contributed by atoms with van der Waals surface area (Å²) in [5, 5.41) is 0. The van der Waals surface area contributed by atoms with Crippen LogP contribution in [0.4, 0.5) is 0 Å². The Labute approximate surface area is 165 Å². The molecule has 0 aliphatic carbocycles. The number of hydrogen-bond acceptors (Lipinski definition) is 2. The van der Waals surface area contributed by atoms with Crippen LogP contribution >= 0.6 is 0 Å². The number of carbonyl (C=O) groups excluding carboxylic acids is 1. The fourth-order valence-electron chi connectivity index (χ4n) is 3.05. The maximum absolute atomic E-state index is 12.7. The summed E-state index contributed by atoms with van der Waals surface area (Å²) in [7, 11) is 0. The lowest BCUT2D eigenvalue weighted by atomic mass is 9.77. The Kier molecular flexibility index (Phi) is 5.89. The molecule has 2 aromatic carbocycles. The van der Waals surface area contributed by atoms with Gasteiger partial charge < -0.3 is 4.74 Å². The zero-order valence-corrected chi connectivity index (χ0v) is 18.1. The number of carbonyl (C=O) groups is 1. The molecule has 0 saturated heterocycles. The van der Waals surface area contributed by atoms with Gasteiger partial charge in [-0.15, -0.1) is 0 Å². The molecule has 0 heterocycles. The van der Waals surface area contributed by atoms with E-state index in [1.807, 2.05) is 58.9 Å². The highest BCUT2D eigenvalue weighted by atomic mass is 16.5. The van der Waals surface area contributed by atoms with E-state index in [0.29, 0.717) is 0 Å². The summed E-state index contributed by atoms with van der Waals surface area (Å²) in [5.41, 5.74) is 2.53. The molecule has 0 unspecified atom stereocenters. The maximum Gasteiger partial charge on any atom is 0.168 e. The number of benzene rings is 2. The first-order valence-electron chi connectivity index (χ1n) is 9.82. The van der Waals surface area contributed by atoms with Crippen LogP contribution in [0, 0.1) is 5.41 Å². The van der Waals surface area contributed by atoms with E-state index in [1.54, 1.807) is 0 Å². The second kappa shape index (κ2) is 7.50. The van der Waals surface area contributed by atoms with Crippen molar-refractivity contribution in [2.45, 2.75) is 72.8 Å². The first-order chi connectivity index (χ1) is 12.4. The van der Waals surface area contributed by atoms with Crippen LogP contribution in [0.15, 0.2) is 48.5 Å². The van der Waals surface area contributed by atoms with Gasteiger partial charge in [0.25, 0.3) is 0 Å². The number of ketones is 1. The summed E-state index contributed by atoms with van der Waals surface area (Å²) < 4.78 is 5.92. The lowest BCUT2D eigenvalue weighted by Gasteiger charge is -2.28. The molecule has 0 aliphatic heterocycles. The van der Waals surface area contributed by atoms with Crippen molar-refractivity contribution in [2.24, 2.45) is 5.41 Å². The predicted octanol–water partition coefficient (Wildman–Crippen LogP) is 6.81. The standard InChI is InChI=1S/C25H34O2/c1-9-24(5,6)22(26)18-10-12-19(13-11-18)25(7,8)20-14-16-21(17-15-20)27-23(2,3)4/h10-17H,9H2,1-8H3. The molecule has 2 aromatic rings. The van der Waals surface area contributed by atoms with E-state index < -0.39 is 0 Å². The highest BCUT2D eigenvalue weighted by Crippen LogP contribution is 2.34. The van der Waals surface area contributed by atoms with Gasteiger partial charge in [-0.1, -0.05) is 71.0 Å². The smallest absolute Gasteiger partial charge is 0.168 e. The van der Waals surface area contributed by atoms with Gasteiger partial charge in [0, 0.05) is 16.4 Å². The van der Waals surface area contributed by atoms with Crippen LogP contribution in [0.25, 0.3) is 0 Å². The van der Waals surface area contributed by atoms with Gasteiger partial charge in [-0.25, -0.2) is 0 Å². The largest absolute Gasteiger partial charge is 0.488 e. The lowest BCUT2D eigenvalue weighted by Crippen LogP contribution is -2.24. The molecular formula is C25H34O2. The molecule has 0 amide bonds. The fraction of sp³-hybridized carbons (Fsp3) is 0.480. The Morgan fingerprint density at radius 3 is 1.63 bits per heavy atom. The minimum Gasteiger partial charge on any atom is -0.488 e. The third-order valence-electron chi connectivity index (χ3n) is 5.37. The van der Waals surface area contributed by atoms with Gasteiger partial charge >= 0.3 is 0 Å². The molecule has 2 heteroatoms. The molecule has 0 aromatic heterocycles. The molecule has 0 saturated carbocycles. The van der Waals surface area contributed by atoms with Crippen molar-refractivity contribution in [3.8, 4) is 5.75 Å². The van der Waals surface area contributed by atoms with Gasteiger partial charge in [-0.3, -0.25) is 4.79 Å². The third-order valence-corrected chi connectivity index (χ3v) is 5.37. The Bertz CT molecular complexity index is 773. The SMILES string of the molecule is CCC(C)(C)C(=O)c1ccc(C(C)(C)c2ccc(OC(C)(C)C)cc2)cc1. The van der Waals surface area contributed by atoms with Crippen LogP contribution in [0.5, 0.6) is 5.75 Å². The average molecular weight is 367 g/mol. The Hall–Kier alpha value is -2.09. The summed E-state index contributed by atoms with van der Waals surface area (Å²) in [5.74, 6) is 1.09. The van der Waals surface area contributed by atoms with Crippen LogP contribution in [0.1, 0.15) is 83.3 Å². The summed E-state index contributed by atoms with van der Waals surface area (Å²) in [4.78, 5) is 12.7. The molecule has 146 valence electrons. The molecule has 0 spiro atoms. The summed E-state index contributed by atoms with van der Waals surface area (Å²) in [6.45, 7) is 16.6. The second-order valence-electron chi connectivity index (χ2n) is 9.51. The minimum absolute atomic E-state index is 0.151. The molecule has 0 radical (unpaired) electrons. The first-order valence-corrected chi connectivity index (χ1v) is 9.82. The van der Waals surface area contributed by atoms with Crippen molar-refractivity contribution in [2.75, 3.05) is 0 Å². The molecule has 2 nitrogen and oxygen atoms in total. The van der Waals surface area contributed by atoms with Crippen LogP contribution in [0.2, 0.25) is 0 Å². The van der Waals surface area contributed by atoms with E-state index in [-0.39, 0.29) is 22.2 Å². The Balaban J connectivity index is 2.25. The number of Topliss-reactive ketones (excluding diaryl/α,β-unsaturated/α-hetero) is 1. The van der Waals surface area contributed by atoms with Crippen molar-refractivity contribution >= 4 is 5.78 Å². The van der Waals surface area contributed by atoms with Crippen LogP contribution in [0.3, 0.4) is 0 Å². The van der Waals surface area contributed by atoms with Crippen molar-refractivity contribution in [3.63, 3.8) is 0 Å². The molecule has 0 bridgehead atoms. The number of rotatable bonds is 6. The van der Waals surface area contributed by atoms with E-state index in [0.717, 1.165) is 17.7 Å². The Morgan fingerprint density at radius 1 is 0.778 bits per heavy atom. The quantitative estimate of drug-likeness (QED) is 0.525. The highest BCUT2D eigenvalue weighted by Gasteiger charge is 2.28. The van der Waals surface area contributed by atoms with Gasteiger partial charge in [0.2, 0.25) is 0 Å². The third kappa shape index (κ3) is 5.00. The fourth-order valence-corrected chi connectivity index (χ4v) is 3.05. The van der Waals surface area contributed by atoms with Crippen LogP contribution in [-0.4, -0.2) is 11.4 Å². The van der Waals surface area contributed by atoms with E-state index in [9.17, 15) is 4.79 Å². The highest BCUT2D eigenvalue weighted by molar-refractivity contribution is 6.00. The predicted molar refractivity (Wildman–Crippen MR) is 114 cm³/mol. The van der Waals surface area contributed by atoms with Crippen molar-refractivity contribution in [1.29, 1.82) is 0 Å². The lowest BCUT2D eigenvalue weighted by molar-refractivity contribution is 0.0833. The van der Waals surface area contributed by atoms with Gasteiger partial charge in [0.05, 0.1) is 0 Å². The van der Waals surface area contributed by atoms with E-state index >= 15 is 0 Å². The normalized spacial score (nSPS) is 12.7. The summed E-state index contributed by atoms with van der Waals surface area (Å²) in [6, 6.07) is 16.4. The van der Waals surface area contributed by atoms with Crippen molar-refractivity contribution < 1.29 is 9.53 Å². The van der Waals surface area contributed by atoms with Gasteiger partial charge in [-0.05, 0) is 50.5 Å². The van der Waals surface area contributed by atoms with Gasteiger partial charge in [0.1, 0.15) is 11.4 Å². The van der Waals surface area contributed by atoms with E-state index in [4.69, 9.17) is 4.74 Å². The molecule has 0 atom stereocenters. The summed E-state index contributed by atoms with van der Waals surface area (Å²) in [6.07, 6.45) is 0.835. The average Bonchev–Trinajstić information content (AvgIpc) is 2.60. The monoisotopic (exact) mass is 366 g/mol. The van der Waals surface area contributed by atoms with Crippen LogP contribution in [-0.2, 0) is 5.41 Å². The molecule has 0 aliphatic rings. The topological polar surface area (TPSA) is 26.3 Å².